The Morgan fingerprint density at radius 1 is 1.24 bits per heavy atom. The van der Waals surface area contributed by atoms with Crippen LogP contribution in [0.3, 0.4) is 0 Å². The molecule has 0 unspecified atom stereocenters. The van der Waals surface area contributed by atoms with E-state index in [0.29, 0.717) is 10.9 Å². The van der Waals surface area contributed by atoms with E-state index in [1.165, 1.54) is 0 Å². The number of carboxylic acid groups (broad SMARTS) is 2. The molecule has 7 heteroatoms. The lowest BCUT2D eigenvalue weighted by molar-refractivity contribution is -0.145. The summed E-state index contributed by atoms with van der Waals surface area (Å²) in [5.41, 5.74) is 1.14. The molecular formula is C14H14N2O5. The molecular weight excluding hydrogens is 276 g/mol. The SMILES string of the molecule is Cn1cc(C(=O)N[C@@H](CC(=O)O)C(=O)O)c2ccccc21. The van der Waals surface area contributed by atoms with E-state index < -0.39 is 30.3 Å². The van der Waals surface area contributed by atoms with Crippen molar-refractivity contribution in [2.24, 2.45) is 7.05 Å². The summed E-state index contributed by atoms with van der Waals surface area (Å²) in [6.45, 7) is 0. The van der Waals surface area contributed by atoms with Gasteiger partial charge in [0.25, 0.3) is 5.91 Å². The van der Waals surface area contributed by atoms with Crippen LogP contribution in [0.4, 0.5) is 0 Å². The summed E-state index contributed by atoms with van der Waals surface area (Å²) in [5.74, 6) is -3.29. The predicted octanol–water partition coefficient (Wildman–Crippen LogP) is 0.836. The maximum absolute atomic E-state index is 12.2. The van der Waals surface area contributed by atoms with E-state index in [1.54, 1.807) is 29.9 Å². The van der Waals surface area contributed by atoms with Crippen LogP contribution in [0.2, 0.25) is 0 Å². The van der Waals surface area contributed by atoms with Gasteiger partial charge in [-0.15, -0.1) is 0 Å². The van der Waals surface area contributed by atoms with Crippen molar-refractivity contribution >= 4 is 28.7 Å². The van der Waals surface area contributed by atoms with Crippen LogP contribution < -0.4 is 5.32 Å². The Hall–Kier alpha value is -2.83. The molecule has 0 spiro atoms. The van der Waals surface area contributed by atoms with Crippen LogP contribution in [0.1, 0.15) is 16.8 Å². The summed E-state index contributed by atoms with van der Waals surface area (Å²) in [4.78, 5) is 33.8. The molecule has 1 heterocycles. The van der Waals surface area contributed by atoms with E-state index in [4.69, 9.17) is 10.2 Å². The summed E-state index contributed by atoms with van der Waals surface area (Å²) < 4.78 is 1.75. The summed E-state index contributed by atoms with van der Waals surface area (Å²) in [7, 11) is 1.77. The van der Waals surface area contributed by atoms with Gasteiger partial charge in [0.1, 0.15) is 6.04 Å². The quantitative estimate of drug-likeness (QED) is 0.756. The number of hydrogen-bond donors (Lipinski definition) is 3. The van der Waals surface area contributed by atoms with Gasteiger partial charge in [-0.05, 0) is 6.07 Å². The lowest BCUT2D eigenvalue weighted by atomic mass is 10.1. The first-order valence-corrected chi connectivity index (χ1v) is 6.19. The molecule has 0 aliphatic heterocycles. The van der Waals surface area contributed by atoms with Gasteiger partial charge in [0.05, 0.1) is 12.0 Å². The lowest BCUT2D eigenvalue weighted by Gasteiger charge is -2.11. The first-order chi connectivity index (χ1) is 9.90. The van der Waals surface area contributed by atoms with Gasteiger partial charge in [-0.25, -0.2) is 4.79 Å². The Kier molecular flexibility index (Phi) is 3.93. The fourth-order valence-electron chi connectivity index (χ4n) is 2.13. The van der Waals surface area contributed by atoms with Crippen LogP contribution in [-0.4, -0.2) is 38.7 Å². The summed E-state index contributed by atoms with van der Waals surface area (Å²) >= 11 is 0. The number of carbonyl (C=O) groups excluding carboxylic acids is 1. The van der Waals surface area contributed by atoms with Crippen LogP contribution in [0.5, 0.6) is 0 Å². The molecule has 1 aromatic carbocycles. The average molecular weight is 290 g/mol. The first-order valence-electron chi connectivity index (χ1n) is 6.19. The lowest BCUT2D eigenvalue weighted by Crippen LogP contribution is -2.42. The third-order valence-electron chi connectivity index (χ3n) is 3.12. The molecule has 1 amide bonds. The first kappa shape index (κ1) is 14.6. The Morgan fingerprint density at radius 2 is 1.90 bits per heavy atom. The van der Waals surface area contributed by atoms with Crippen LogP contribution in [0.25, 0.3) is 10.9 Å². The zero-order valence-corrected chi connectivity index (χ0v) is 11.2. The van der Waals surface area contributed by atoms with E-state index in [9.17, 15) is 14.4 Å². The van der Waals surface area contributed by atoms with Crippen molar-refractivity contribution in [1.29, 1.82) is 0 Å². The number of carbonyl (C=O) groups is 3. The number of rotatable bonds is 5. The monoisotopic (exact) mass is 290 g/mol. The Morgan fingerprint density at radius 3 is 2.52 bits per heavy atom. The second-order valence-electron chi connectivity index (χ2n) is 4.63. The maximum atomic E-state index is 12.2. The van der Waals surface area contributed by atoms with Crippen molar-refractivity contribution in [1.82, 2.24) is 9.88 Å². The van der Waals surface area contributed by atoms with Gasteiger partial charge in [0, 0.05) is 24.1 Å². The van der Waals surface area contributed by atoms with E-state index in [0.717, 1.165) is 5.52 Å². The minimum absolute atomic E-state index is 0.310. The molecule has 0 fully saturated rings. The molecule has 0 aliphatic carbocycles. The molecule has 110 valence electrons. The minimum atomic E-state index is -1.46. The fourth-order valence-corrected chi connectivity index (χ4v) is 2.13. The number of nitrogens with zero attached hydrogens (tertiary/aromatic N) is 1. The average Bonchev–Trinajstić information content (AvgIpc) is 2.75. The van der Waals surface area contributed by atoms with Crippen molar-refractivity contribution in [2.75, 3.05) is 0 Å². The second kappa shape index (κ2) is 5.66. The Bertz CT molecular complexity index is 719. The van der Waals surface area contributed by atoms with Crippen molar-refractivity contribution in [2.45, 2.75) is 12.5 Å². The van der Waals surface area contributed by atoms with E-state index in [-0.39, 0.29) is 0 Å². The largest absolute Gasteiger partial charge is 0.481 e. The highest BCUT2D eigenvalue weighted by molar-refractivity contribution is 6.08. The molecule has 0 bridgehead atoms. The van der Waals surface area contributed by atoms with Gasteiger partial charge >= 0.3 is 11.9 Å². The highest BCUT2D eigenvalue weighted by Crippen LogP contribution is 2.20. The van der Waals surface area contributed by atoms with Crippen LogP contribution >= 0.6 is 0 Å². The standard InChI is InChI=1S/C14H14N2O5/c1-16-7-9(8-4-2-3-5-11(8)16)13(19)15-10(14(20)21)6-12(17)18/h2-5,7,10H,6H2,1H3,(H,15,19)(H,17,18)(H,20,21)/t10-/m0/s1. The highest BCUT2D eigenvalue weighted by Gasteiger charge is 2.24. The molecule has 0 saturated heterocycles. The number of carboxylic acids is 2. The smallest absolute Gasteiger partial charge is 0.326 e. The number of aryl methyl sites for hydroxylation is 1. The Balaban J connectivity index is 2.30. The molecule has 21 heavy (non-hydrogen) atoms. The Labute approximate surface area is 119 Å². The van der Waals surface area contributed by atoms with Gasteiger partial charge in [0.2, 0.25) is 0 Å². The maximum Gasteiger partial charge on any atom is 0.326 e. The third kappa shape index (κ3) is 3.02. The molecule has 2 rings (SSSR count). The van der Waals surface area contributed by atoms with Crippen LogP contribution in [0, 0.1) is 0 Å². The van der Waals surface area contributed by atoms with Crippen LogP contribution in [-0.2, 0) is 16.6 Å². The normalized spacial score (nSPS) is 12.0. The van der Waals surface area contributed by atoms with E-state index in [2.05, 4.69) is 5.32 Å². The topological polar surface area (TPSA) is 109 Å². The number of benzene rings is 1. The summed E-state index contributed by atoms with van der Waals surface area (Å²) in [5, 5.41) is 20.5. The third-order valence-corrected chi connectivity index (χ3v) is 3.12. The van der Waals surface area contributed by atoms with E-state index >= 15 is 0 Å². The molecule has 1 aromatic heterocycles. The second-order valence-corrected chi connectivity index (χ2v) is 4.63. The van der Waals surface area contributed by atoms with Crippen molar-refractivity contribution in [3.63, 3.8) is 0 Å². The van der Waals surface area contributed by atoms with Gasteiger partial charge in [-0.1, -0.05) is 18.2 Å². The molecule has 0 radical (unpaired) electrons. The van der Waals surface area contributed by atoms with Crippen LogP contribution in [0.15, 0.2) is 30.5 Å². The molecule has 2 aromatic rings. The number of para-hydroxylation sites is 1. The minimum Gasteiger partial charge on any atom is -0.481 e. The molecule has 0 aliphatic rings. The number of hydrogen-bond acceptors (Lipinski definition) is 3. The molecule has 3 N–H and O–H groups in total. The van der Waals surface area contributed by atoms with Crippen molar-refractivity contribution < 1.29 is 24.6 Å². The molecule has 0 saturated carbocycles. The summed E-state index contributed by atoms with van der Waals surface area (Å²) in [6, 6.07) is 5.71. The summed E-state index contributed by atoms with van der Waals surface area (Å²) in [6.07, 6.45) is 0.908. The van der Waals surface area contributed by atoms with Gasteiger partial charge in [-0.3, -0.25) is 9.59 Å². The predicted molar refractivity (Wildman–Crippen MR) is 74.1 cm³/mol. The molecule has 7 nitrogen and oxygen atoms in total. The van der Waals surface area contributed by atoms with Gasteiger partial charge in [0.15, 0.2) is 0 Å². The number of aliphatic carboxylic acids is 2. The zero-order valence-electron chi connectivity index (χ0n) is 11.2. The fraction of sp³-hybridized carbons (Fsp3) is 0.214. The van der Waals surface area contributed by atoms with Crippen molar-refractivity contribution in [3.8, 4) is 0 Å². The van der Waals surface area contributed by atoms with Gasteiger partial charge in [-0.2, -0.15) is 0 Å². The van der Waals surface area contributed by atoms with Gasteiger partial charge < -0.3 is 20.1 Å². The zero-order chi connectivity index (χ0) is 15.6. The number of amides is 1. The number of fused-ring (bicyclic) bond motifs is 1. The van der Waals surface area contributed by atoms with Crippen molar-refractivity contribution in [3.05, 3.63) is 36.0 Å². The number of nitrogens with one attached hydrogen (secondary N) is 1. The highest BCUT2D eigenvalue weighted by atomic mass is 16.4. The molecule has 1 atom stereocenters. The van der Waals surface area contributed by atoms with E-state index in [1.807, 2.05) is 12.1 Å². The number of aromatic nitrogens is 1.